The quantitative estimate of drug-likeness (QED) is 0.451. The molecule has 0 aliphatic heterocycles. The average Bonchev–Trinajstić information content (AvgIpc) is 3.36. The van der Waals surface area contributed by atoms with E-state index in [1.165, 1.54) is 4.90 Å². The molecule has 1 aliphatic rings. The number of nitrogens with one attached hydrogen (secondary N) is 1. The van der Waals surface area contributed by atoms with Gasteiger partial charge in [0.15, 0.2) is 0 Å². The molecule has 3 rings (SSSR count). The Morgan fingerprint density at radius 2 is 1.84 bits per heavy atom. The fourth-order valence-corrected chi connectivity index (χ4v) is 5.79. The minimum Gasteiger partial charge on any atom is -0.497 e. The molecule has 0 heterocycles. The van der Waals surface area contributed by atoms with Crippen molar-refractivity contribution in [2.24, 2.45) is 0 Å². The van der Waals surface area contributed by atoms with Crippen molar-refractivity contribution in [1.29, 1.82) is 0 Å². The molecule has 0 spiro atoms. The number of hydrogen-bond donors (Lipinski definition) is 1. The number of anilines is 1. The van der Waals surface area contributed by atoms with Gasteiger partial charge in [-0.25, -0.2) is 8.42 Å². The number of methoxy groups -OCH3 is 1. The van der Waals surface area contributed by atoms with E-state index in [1.807, 2.05) is 19.1 Å². The third kappa shape index (κ3) is 7.38. The third-order valence-corrected chi connectivity index (χ3v) is 8.30. The first-order chi connectivity index (χ1) is 17.5. The number of halogens is 1. The minimum absolute atomic E-state index is 0.0944. The summed E-state index contributed by atoms with van der Waals surface area (Å²) < 4.78 is 32.0. The number of benzene rings is 2. The van der Waals surface area contributed by atoms with Crippen molar-refractivity contribution in [3.05, 3.63) is 58.6 Å². The molecule has 0 unspecified atom stereocenters. The van der Waals surface area contributed by atoms with E-state index in [4.69, 9.17) is 16.3 Å². The van der Waals surface area contributed by atoms with E-state index >= 15 is 0 Å². The zero-order valence-electron chi connectivity index (χ0n) is 21.9. The third-order valence-electron chi connectivity index (χ3n) is 6.76. The summed E-state index contributed by atoms with van der Waals surface area (Å²) in [5, 5.41) is 3.50. The van der Waals surface area contributed by atoms with E-state index in [1.54, 1.807) is 44.4 Å². The number of sulfonamides is 1. The number of hydrogen-bond acceptors (Lipinski definition) is 5. The first-order valence-corrected chi connectivity index (χ1v) is 14.7. The van der Waals surface area contributed by atoms with Crippen LogP contribution in [-0.2, 0) is 26.2 Å². The maximum Gasteiger partial charge on any atom is 0.244 e. The Hall–Kier alpha value is -2.78. The van der Waals surface area contributed by atoms with E-state index in [0.717, 1.165) is 41.8 Å². The van der Waals surface area contributed by atoms with Crippen molar-refractivity contribution < 1.29 is 22.7 Å². The van der Waals surface area contributed by atoms with Crippen molar-refractivity contribution in [2.75, 3.05) is 24.2 Å². The molecule has 2 aromatic rings. The molecule has 2 aromatic carbocycles. The lowest BCUT2D eigenvalue weighted by Crippen LogP contribution is -2.53. The summed E-state index contributed by atoms with van der Waals surface area (Å²) in [4.78, 5) is 28.7. The lowest BCUT2D eigenvalue weighted by molar-refractivity contribution is -0.140. The van der Waals surface area contributed by atoms with Gasteiger partial charge in [0.25, 0.3) is 0 Å². The van der Waals surface area contributed by atoms with Crippen LogP contribution in [0.3, 0.4) is 0 Å². The maximum absolute atomic E-state index is 13.8. The van der Waals surface area contributed by atoms with E-state index in [2.05, 4.69) is 5.32 Å². The van der Waals surface area contributed by atoms with Crippen molar-refractivity contribution in [3.8, 4) is 5.75 Å². The smallest absolute Gasteiger partial charge is 0.244 e. The topological polar surface area (TPSA) is 96.0 Å². The van der Waals surface area contributed by atoms with Crippen LogP contribution in [0.2, 0.25) is 5.02 Å². The van der Waals surface area contributed by atoms with E-state index < -0.39 is 28.5 Å². The van der Waals surface area contributed by atoms with Crippen LogP contribution >= 0.6 is 11.6 Å². The standard InChI is InChI=1S/C27H36ClN3O5S/c1-5-24(27(33)29-21-11-6-7-12-21)30(17-20-10-8-13-22(16-20)36-3)26(32)18-31(37(4,34)35)25-15-9-14-23(28)19(25)2/h8-10,13-16,21,24H,5-7,11-12,17-18H2,1-4H3,(H,29,33)/t24-/m1/s1. The number of rotatable bonds is 11. The molecule has 37 heavy (non-hydrogen) atoms. The van der Waals surface area contributed by atoms with Crippen LogP contribution in [0.1, 0.15) is 50.2 Å². The highest BCUT2D eigenvalue weighted by atomic mass is 35.5. The zero-order chi connectivity index (χ0) is 27.2. The summed E-state index contributed by atoms with van der Waals surface area (Å²) in [5.74, 6) is -0.0859. The van der Waals surface area contributed by atoms with Gasteiger partial charge in [-0.05, 0) is 61.6 Å². The van der Waals surface area contributed by atoms with Gasteiger partial charge in [0.05, 0.1) is 19.1 Å². The predicted octanol–water partition coefficient (Wildman–Crippen LogP) is 4.29. The minimum atomic E-state index is -3.83. The Balaban J connectivity index is 1.96. The van der Waals surface area contributed by atoms with Gasteiger partial charge in [0, 0.05) is 17.6 Å². The van der Waals surface area contributed by atoms with E-state index in [0.29, 0.717) is 28.4 Å². The lowest BCUT2D eigenvalue weighted by atomic mass is 10.1. The molecule has 10 heteroatoms. The summed E-state index contributed by atoms with van der Waals surface area (Å²) in [6, 6.07) is 11.5. The Bertz CT molecular complexity index is 1210. The fourth-order valence-electron chi connectivity index (χ4n) is 4.72. The molecule has 0 bridgehead atoms. The molecule has 1 aliphatic carbocycles. The first kappa shape index (κ1) is 28.8. The molecule has 1 N–H and O–H groups in total. The number of amides is 2. The van der Waals surface area contributed by atoms with Crippen molar-refractivity contribution in [3.63, 3.8) is 0 Å². The second-order valence-electron chi connectivity index (χ2n) is 9.44. The van der Waals surface area contributed by atoms with Crippen molar-refractivity contribution in [1.82, 2.24) is 10.2 Å². The van der Waals surface area contributed by atoms with Crippen LogP contribution in [0.25, 0.3) is 0 Å². The predicted molar refractivity (Wildman–Crippen MR) is 146 cm³/mol. The summed E-state index contributed by atoms with van der Waals surface area (Å²) >= 11 is 6.26. The molecule has 1 saturated carbocycles. The van der Waals surface area contributed by atoms with Crippen LogP contribution < -0.4 is 14.4 Å². The Kier molecular flexibility index (Phi) is 9.84. The first-order valence-electron chi connectivity index (χ1n) is 12.5. The highest BCUT2D eigenvalue weighted by molar-refractivity contribution is 7.92. The second kappa shape index (κ2) is 12.6. The Morgan fingerprint density at radius 3 is 2.46 bits per heavy atom. The van der Waals surface area contributed by atoms with Gasteiger partial charge in [-0.3, -0.25) is 13.9 Å². The summed E-state index contributed by atoms with van der Waals surface area (Å²) in [7, 11) is -2.28. The van der Waals surface area contributed by atoms with Gasteiger partial charge in [-0.2, -0.15) is 0 Å². The Morgan fingerprint density at radius 1 is 1.16 bits per heavy atom. The largest absolute Gasteiger partial charge is 0.497 e. The number of carbonyl (C=O) groups excluding carboxylic acids is 2. The van der Waals surface area contributed by atoms with E-state index in [9.17, 15) is 18.0 Å². The van der Waals surface area contributed by atoms with Gasteiger partial charge in [0.1, 0.15) is 18.3 Å². The second-order valence-corrected chi connectivity index (χ2v) is 11.8. The monoisotopic (exact) mass is 549 g/mol. The normalized spacial score (nSPS) is 14.7. The average molecular weight is 550 g/mol. The Labute approximate surface area is 225 Å². The van der Waals surface area contributed by atoms with Gasteiger partial charge < -0.3 is 15.0 Å². The fraction of sp³-hybridized carbons (Fsp3) is 0.481. The van der Waals surface area contributed by atoms with Crippen LogP contribution in [-0.4, -0.2) is 57.1 Å². The molecule has 202 valence electrons. The highest BCUT2D eigenvalue weighted by Gasteiger charge is 2.33. The van der Waals surface area contributed by atoms with Crippen LogP contribution in [0.15, 0.2) is 42.5 Å². The maximum atomic E-state index is 13.8. The molecular formula is C27H36ClN3O5S. The molecule has 0 radical (unpaired) electrons. The summed E-state index contributed by atoms with van der Waals surface area (Å²) in [6.07, 6.45) is 5.40. The van der Waals surface area contributed by atoms with Crippen LogP contribution in [0, 0.1) is 6.92 Å². The van der Waals surface area contributed by atoms with Gasteiger partial charge in [-0.1, -0.05) is 49.6 Å². The SMILES string of the molecule is CC[C@H](C(=O)NC1CCCC1)N(Cc1cccc(OC)c1)C(=O)CN(c1cccc(Cl)c1C)S(C)(=O)=O. The molecule has 1 fully saturated rings. The lowest BCUT2D eigenvalue weighted by Gasteiger charge is -2.33. The van der Waals surface area contributed by atoms with Gasteiger partial charge >= 0.3 is 0 Å². The zero-order valence-corrected chi connectivity index (χ0v) is 23.4. The number of nitrogens with zero attached hydrogens (tertiary/aromatic N) is 2. The van der Waals surface area contributed by atoms with Crippen LogP contribution in [0.5, 0.6) is 5.75 Å². The number of ether oxygens (including phenoxy) is 1. The molecule has 2 amide bonds. The highest BCUT2D eigenvalue weighted by Crippen LogP contribution is 2.29. The molecule has 0 saturated heterocycles. The molecule has 8 nitrogen and oxygen atoms in total. The summed E-state index contributed by atoms with van der Waals surface area (Å²) in [6.45, 7) is 3.22. The summed E-state index contributed by atoms with van der Waals surface area (Å²) in [5.41, 5.74) is 1.64. The van der Waals surface area contributed by atoms with Crippen molar-refractivity contribution in [2.45, 2.75) is 64.6 Å². The molecule has 0 aromatic heterocycles. The van der Waals surface area contributed by atoms with Gasteiger partial charge in [0.2, 0.25) is 21.8 Å². The van der Waals surface area contributed by atoms with E-state index in [-0.39, 0.29) is 18.5 Å². The molecular weight excluding hydrogens is 514 g/mol. The van der Waals surface area contributed by atoms with Gasteiger partial charge in [-0.15, -0.1) is 0 Å². The number of carbonyl (C=O) groups is 2. The molecule has 1 atom stereocenters. The van der Waals surface area contributed by atoms with Crippen molar-refractivity contribution >= 4 is 39.1 Å². The van der Waals surface area contributed by atoms with Crippen LogP contribution in [0.4, 0.5) is 5.69 Å².